The molecule has 0 saturated carbocycles. The third-order valence-electron chi connectivity index (χ3n) is 1.08. The zero-order chi connectivity index (χ0) is 8.27. The van der Waals surface area contributed by atoms with Gasteiger partial charge in [0, 0.05) is 12.4 Å². The van der Waals surface area contributed by atoms with Crippen LogP contribution in [0.1, 0.15) is 5.56 Å². The molecule has 0 atom stereocenters. The fraction of sp³-hybridized carbons (Fsp3) is 0. The van der Waals surface area contributed by atoms with E-state index >= 15 is 0 Å². The van der Waals surface area contributed by atoms with Crippen LogP contribution in [0.15, 0.2) is 23.6 Å². The van der Waals surface area contributed by atoms with Gasteiger partial charge < -0.3 is 5.21 Å². The first-order valence-electron chi connectivity index (χ1n) is 2.73. The lowest BCUT2D eigenvalue weighted by atomic mass is 10.3. The van der Waals surface area contributed by atoms with Crippen molar-refractivity contribution in [3.8, 4) is 0 Å². The van der Waals surface area contributed by atoms with Crippen LogP contribution >= 0.6 is 23.2 Å². The molecule has 0 aliphatic heterocycles. The lowest BCUT2D eigenvalue weighted by molar-refractivity contribution is 0.321. The Labute approximate surface area is 73.3 Å². The summed E-state index contributed by atoms with van der Waals surface area (Å²) >= 11 is 11.2. The van der Waals surface area contributed by atoms with Crippen molar-refractivity contribution in [2.75, 3.05) is 0 Å². The molecule has 1 N–H and O–H groups in total. The number of hydrogen-bond acceptors (Lipinski definition) is 3. The summed E-state index contributed by atoms with van der Waals surface area (Å²) in [6.45, 7) is 0. The van der Waals surface area contributed by atoms with Crippen molar-refractivity contribution in [1.29, 1.82) is 0 Å². The quantitative estimate of drug-likeness (QED) is 0.419. The first kappa shape index (κ1) is 8.30. The van der Waals surface area contributed by atoms with Gasteiger partial charge in [-0.2, -0.15) is 0 Å². The van der Waals surface area contributed by atoms with E-state index in [-0.39, 0.29) is 5.17 Å². The van der Waals surface area contributed by atoms with Crippen molar-refractivity contribution < 1.29 is 5.21 Å². The lowest BCUT2D eigenvalue weighted by Gasteiger charge is -1.96. The van der Waals surface area contributed by atoms with E-state index in [9.17, 15) is 0 Å². The van der Waals surface area contributed by atoms with Gasteiger partial charge in [0.1, 0.15) is 0 Å². The number of rotatable bonds is 1. The minimum Gasteiger partial charge on any atom is -0.410 e. The standard InChI is InChI=1S/C6H4Cl2N2O/c7-5-1-2-9-3-4(5)6(8)10-11/h1-3,11H. The molecule has 58 valence electrons. The third kappa shape index (κ3) is 1.82. The summed E-state index contributed by atoms with van der Waals surface area (Å²) in [5, 5.41) is 11.4. The van der Waals surface area contributed by atoms with E-state index in [4.69, 9.17) is 28.4 Å². The Kier molecular flexibility index (Phi) is 2.68. The van der Waals surface area contributed by atoms with Gasteiger partial charge in [-0.05, 0) is 6.07 Å². The zero-order valence-corrected chi connectivity index (χ0v) is 6.84. The normalized spacial score (nSPS) is 11.6. The highest BCUT2D eigenvalue weighted by Crippen LogP contribution is 2.15. The summed E-state index contributed by atoms with van der Waals surface area (Å²) in [7, 11) is 0. The van der Waals surface area contributed by atoms with Crippen molar-refractivity contribution in [2.24, 2.45) is 5.16 Å². The molecule has 0 aliphatic carbocycles. The lowest BCUT2D eigenvalue weighted by Crippen LogP contribution is -1.92. The fourth-order valence-corrected chi connectivity index (χ4v) is 0.977. The van der Waals surface area contributed by atoms with E-state index in [2.05, 4.69) is 10.1 Å². The summed E-state index contributed by atoms with van der Waals surface area (Å²) in [6.07, 6.45) is 2.94. The monoisotopic (exact) mass is 190 g/mol. The second kappa shape index (κ2) is 3.55. The highest BCUT2D eigenvalue weighted by Gasteiger charge is 2.04. The number of pyridine rings is 1. The molecule has 5 heteroatoms. The molecule has 3 nitrogen and oxygen atoms in total. The smallest absolute Gasteiger partial charge is 0.178 e. The minimum atomic E-state index is -0.0666. The van der Waals surface area contributed by atoms with Crippen LogP contribution < -0.4 is 0 Å². The molecule has 0 aliphatic rings. The van der Waals surface area contributed by atoms with Gasteiger partial charge in [-0.25, -0.2) is 0 Å². The molecule has 1 heterocycles. The van der Waals surface area contributed by atoms with Gasteiger partial charge in [-0.15, -0.1) is 0 Å². The van der Waals surface area contributed by atoms with Crippen LogP contribution in [0.5, 0.6) is 0 Å². The second-order valence-electron chi connectivity index (χ2n) is 1.75. The molecule has 0 aromatic carbocycles. The van der Waals surface area contributed by atoms with Gasteiger partial charge in [0.05, 0.1) is 10.6 Å². The Hall–Kier alpha value is -0.800. The van der Waals surface area contributed by atoms with E-state index in [0.717, 1.165) is 0 Å². The van der Waals surface area contributed by atoms with Crippen LogP contribution in [0, 0.1) is 0 Å². The molecule has 0 saturated heterocycles. The average Bonchev–Trinajstić information content (AvgIpc) is 2.04. The van der Waals surface area contributed by atoms with E-state index in [1.165, 1.54) is 12.4 Å². The van der Waals surface area contributed by atoms with Gasteiger partial charge >= 0.3 is 0 Å². The SMILES string of the molecule is ON=C(Cl)c1cnccc1Cl. The first-order chi connectivity index (χ1) is 5.25. The van der Waals surface area contributed by atoms with Gasteiger partial charge in [0.15, 0.2) is 5.17 Å². The summed E-state index contributed by atoms with van der Waals surface area (Å²) in [5.41, 5.74) is 0.415. The van der Waals surface area contributed by atoms with Crippen LogP contribution in [-0.2, 0) is 0 Å². The molecular weight excluding hydrogens is 187 g/mol. The molecule has 0 amide bonds. The third-order valence-corrected chi connectivity index (χ3v) is 1.69. The number of aromatic nitrogens is 1. The molecule has 1 aromatic rings. The second-order valence-corrected chi connectivity index (χ2v) is 2.51. The van der Waals surface area contributed by atoms with E-state index < -0.39 is 0 Å². The van der Waals surface area contributed by atoms with E-state index in [1.807, 2.05) is 0 Å². The van der Waals surface area contributed by atoms with E-state index in [0.29, 0.717) is 10.6 Å². The van der Waals surface area contributed by atoms with Gasteiger partial charge in [0.2, 0.25) is 0 Å². The molecule has 11 heavy (non-hydrogen) atoms. The number of hydrogen-bond donors (Lipinski definition) is 1. The van der Waals surface area contributed by atoms with Crippen molar-refractivity contribution >= 4 is 28.4 Å². The number of oxime groups is 1. The Morgan fingerprint density at radius 3 is 2.91 bits per heavy atom. The van der Waals surface area contributed by atoms with E-state index in [1.54, 1.807) is 6.07 Å². The van der Waals surface area contributed by atoms with Crippen molar-refractivity contribution in [1.82, 2.24) is 4.98 Å². The van der Waals surface area contributed by atoms with Crippen LogP contribution in [0.25, 0.3) is 0 Å². The summed E-state index contributed by atoms with van der Waals surface area (Å²) in [5.74, 6) is 0. The Morgan fingerprint density at radius 1 is 1.64 bits per heavy atom. The number of nitrogens with zero attached hydrogens (tertiary/aromatic N) is 2. The molecular formula is C6H4Cl2N2O. The average molecular weight is 191 g/mol. The Morgan fingerprint density at radius 2 is 2.36 bits per heavy atom. The van der Waals surface area contributed by atoms with Crippen molar-refractivity contribution in [2.45, 2.75) is 0 Å². The predicted octanol–water partition coefficient (Wildman–Crippen LogP) is 2.11. The van der Waals surface area contributed by atoms with Gasteiger partial charge in [-0.1, -0.05) is 28.4 Å². The molecule has 0 fully saturated rings. The first-order valence-corrected chi connectivity index (χ1v) is 3.48. The zero-order valence-electron chi connectivity index (χ0n) is 5.33. The van der Waals surface area contributed by atoms with Crippen LogP contribution in [0.4, 0.5) is 0 Å². The minimum absolute atomic E-state index is 0.0666. The maximum absolute atomic E-state index is 8.28. The molecule has 1 aromatic heterocycles. The van der Waals surface area contributed by atoms with Crippen molar-refractivity contribution in [3.63, 3.8) is 0 Å². The van der Waals surface area contributed by atoms with Gasteiger partial charge in [0.25, 0.3) is 0 Å². The Bertz CT molecular complexity index is 288. The number of halogens is 2. The summed E-state index contributed by atoms with van der Waals surface area (Å²) < 4.78 is 0. The van der Waals surface area contributed by atoms with Crippen molar-refractivity contribution in [3.05, 3.63) is 29.0 Å². The highest BCUT2D eigenvalue weighted by atomic mass is 35.5. The molecule has 0 radical (unpaired) electrons. The molecule has 0 bridgehead atoms. The molecule has 0 unspecified atom stereocenters. The Balaban J connectivity index is 3.14. The molecule has 1 rings (SSSR count). The topological polar surface area (TPSA) is 45.5 Å². The summed E-state index contributed by atoms with van der Waals surface area (Å²) in [6, 6.07) is 1.56. The maximum Gasteiger partial charge on any atom is 0.178 e. The largest absolute Gasteiger partial charge is 0.410 e. The van der Waals surface area contributed by atoms with Crippen LogP contribution in [-0.4, -0.2) is 15.4 Å². The molecule has 0 spiro atoms. The fourth-order valence-electron chi connectivity index (χ4n) is 0.583. The maximum atomic E-state index is 8.28. The predicted molar refractivity (Wildman–Crippen MR) is 43.4 cm³/mol. The van der Waals surface area contributed by atoms with Gasteiger partial charge in [-0.3, -0.25) is 4.98 Å². The summed E-state index contributed by atoms with van der Waals surface area (Å²) in [4.78, 5) is 3.75. The van der Waals surface area contributed by atoms with Crippen LogP contribution in [0.3, 0.4) is 0 Å². The highest BCUT2D eigenvalue weighted by molar-refractivity contribution is 6.70. The van der Waals surface area contributed by atoms with Crippen LogP contribution in [0.2, 0.25) is 5.02 Å².